The van der Waals surface area contributed by atoms with Crippen LogP contribution in [-0.4, -0.2) is 41.8 Å². The number of hydrogen-bond donors (Lipinski definition) is 1. The second kappa shape index (κ2) is 7.48. The molecule has 0 bridgehead atoms. The SMILES string of the molecule is COc1ccc(C2=N[C@@H](Cc3c[nH]c4ccccc34)C(=O)SC2)c(OC)c1. The van der Waals surface area contributed by atoms with Crippen molar-refractivity contribution in [2.75, 3.05) is 20.0 Å². The first-order valence-corrected chi connectivity index (χ1v) is 9.69. The summed E-state index contributed by atoms with van der Waals surface area (Å²) in [5.74, 6) is 1.98. The number of fused-ring (bicyclic) bond motifs is 1. The maximum absolute atomic E-state index is 12.5. The normalized spacial score (nSPS) is 17.0. The van der Waals surface area contributed by atoms with Gasteiger partial charge in [0.05, 0.1) is 19.9 Å². The molecule has 0 spiro atoms. The van der Waals surface area contributed by atoms with Crippen molar-refractivity contribution in [2.45, 2.75) is 12.5 Å². The number of para-hydroxylation sites is 1. The molecule has 5 nitrogen and oxygen atoms in total. The molecule has 1 N–H and O–H groups in total. The number of carbonyl (C=O) groups excluding carboxylic acids is 1. The number of carbonyl (C=O) groups is 1. The Morgan fingerprint density at radius 1 is 1.19 bits per heavy atom. The lowest BCUT2D eigenvalue weighted by Crippen LogP contribution is -2.27. The molecule has 0 amide bonds. The van der Waals surface area contributed by atoms with Crippen LogP contribution in [0.3, 0.4) is 0 Å². The molecule has 4 rings (SSSR count). The van der Waals surface area contributed by atoms with Gasteiger partial charge in [0.1, 0.15) is 17.5 Å². The number of aromatic nitrogens is 1. The average Bonchev–Trinajstić information content (AvgIpc) is 3.12. The zero-order valence-corrected chi connectivity index (χ0v) is 16.0. The molecular formula is C21H20N2O3S. The average molecular weight is 380 g/mol. The van der Waals surface area contributed by atoms with Crippen molar-refractivity contribution in [3.05, 3.63) is 59.8 Å². The Labute approximate surface area is 161 Å². The van der Waals surface area contributed by atoms with E-state index in [4.69, 9.17) is 14.5 Å². The Bertz CT molecular complexity index is 1030. The lowest BCUT2D eigenvalue weighted by Gasteiger charge is -2.20. The summed E-state index contributed by atoms with van der Waals surface area (Å²) >= 11 is 1.32. The summed E-state index contributed by atoms with van der Waals surface area (Å²) in [5.41, 5.74) is 3.96. The second-order valence-corrected chi connectivity index (χ2v) is 7.31. The van der Waals surface area contributed by atoms with Crippen LogP contribution in [0.5, 0.6) is 11.5 Å². The van der Waals surface area contributed by atoms with Crippen molar-refractivity contribution >= 4 is 33.5 Å². The number of methoxy groups -OCH3 is 2. The Morgan fingerprint density at radius 2 is 2.04 bits per heavy atom. The smallest absolute Gasteiger partial charge is 0.214 e. The molecule has 3 aromatic rings. The number of rotatable bonds is 5. The Morgan fingerprint density at radius 3 is 2.85 bits per heavy atom. The van der Waals surface area contributed by atoms with Gasteiger partial charge in [-0.05, 0) is 23.8 Å². The number of nitrogens with one attached hydrogen (secondary N) is 1. The molecule has 1 atom stereocenters. The van der Waals surface area contributed by atoms with Crippen LogP contribution in [0.1, 0.15) is 11.1 Å². The van der Waals surface area contributed by atoms with E-state index < -0.39 is 6.04 Å². The van der Waals surface area contributed by atoms with Crippen LogP contribution in [0.2, 0.25) is 0 Å². The molecule has 0 unspecified atom stereocenters. The Hall–Kier alpha value is -2.73. The second-order valence-electron chi connectivity index (χ2n) is 6.33. The number of H-pyrrole nitrogens is 1. The molecule has 2 aromatic carbocycles. The molecule has 2 heterocycles. The minimum absolute atomic E-state index is 0.108. The maximum Gasteiger partial charge on any atom is 0.214 e. The highest BCUT2D eigenvalue weighted by Crippen LogP contribution is 2.30. The molecule has 0 fully saturated rings. The quantitative estimate of drug-likeness (QED) is 0.730. The number of hydrogen-bond acceptors (Lipinski definition) is 5. The summed E-state index contributed by atoms with van der Waals surface area (Å²) < 4.78 is 10.8. The van der Waals surface area contributed by atoms with Crippen molar-refractivity contribution in [2.24, 2.45) is 4.99 Å². The summed E-state index contributed by atoms with van der Waals surface area (Å²) in [6.07, 6.45) is 2.55. The van der Waals surface area contributed by atoms with Gasteiger partial charge in [-0.2, -0.15) is 0 Å². The predicted octanol–water partition coefficient (Wildman–Crippen LogP) is 3.86. The fraction of sp³-hybridized carbons (Fsp3) is 0.238. The number of aliphatic imine (C=N–C) groups is 1. The van der Waals surface area contributed by atoms with E-state index in [2.05, 4.69) is 11.1 Å². The van der Waals surface area contributed by atoms with Crippen LogP contribution >= 0.6 is 11.8 Å². The van der Waals surface area contributed by atoms with Gasteiger partial charge in [-0.25, -0.2) is 0 Å². The van der Waals surface area contributed by atoms with Crippen molar-refractivity contribution in [3.63, 3.8) is 0 Å². The standard InChI is InChI=1S/C21H20N2O3S/c1-25-14-7-8-16(20(10-14)26-2)19-12-27-21(24)18(23-19)9-13-11-22-17-6-4-3-5-15(13)17/h3-8,10-11,18,22H,9,12H2,1-2H3/t18-/m0/s1. The van der Waals surface area contributed by atoms with Gasteiger partial charge < -0.3 is 14.5 Å². The fourth-order valence-electron chi connectivity index (χ4n) is 3.34. The molecule has 6 heteroatoms. The zero-order chi connectivity index (χ0) is 18.8. The van der Waals surface area contributed by atoms with Gasteiger partial charge in [0.2, 0.25) is 5.12 Å². The van der Waals surface area contributed by atoms with Crippen LogP contribution in [-0.2, 0) is 11.2 Å². The van der Waals surface area contributed by atoms with Gasteiger partial charge in [0.15, 0.2) is 0 Å². The first kappa shape index (κ1) is 17.7. The molecule has 1 aliphatic rings. The van der Waals surface area contributed by atoms with E-state index in [1.54, 1.807) is 14.2 Å². The fourth-order valence-corrected chi connectivity index (χ4v) is 4.17. The molecule has 0 saturated carbocycles. The molecule has 0 saturated heterocycles. The summed E-state index contributed by atoms with van der Waals surface area (Å²) in [5, 5.41) is 1.25. The van der Waals surface area contributed by atoms with Crippen LogP contribution in [0.15, 0.2) is 53.7 Å². The Kier molecular flexibility index (Phi) is 4.90. The van der Waals surface area contributed by atoms with Crippen LogP contribution in [0.4, 0.5) is 0 Å². The van der Waals surface area contributed by atoms with Crippen molar-refractivity contribution < 1.29 is 14.3 Å². The summed E-state index contributed by atoms with van der Waals surface area (Å²) in [6, 6.07) is 13.4. The third-order valence-electron chi connectivity index (χ3n) is 4.74. The van der Waals surface area contributed by atoms with Crippen LogP contribution in [0.25, 0.3) is 10.9 Å². The topological polar surface area (TPSA) is 63.7 Å². The first-order chi connectivity index (χ1) is 13.2. The monoisotopic (exact) mass is 380 g/mol. The van der Waals surface area contributed by atoms with Gasteiger partial charge >= 0.3 is 0 Å². The molecule has 0 radical (unpaired) electrons. The van der Waals surface area contributed by atoms with E-state index in [-0.39, 0.29) is 5.12 Å². The van der Waals surface area contributed by atoms with E-state index in [1.165, 1.54) is 11.8 Å². The van der Waals surface area contributed by atoms with E-state index in [9.17, 15) is 4.79 Å². The lowest BCUT2D eigenvalue weighted by atomic mass is 10.0. The highest BCUT2D eigenvalue weighted by atomic mass is 32.2. The number of thioether (sulfide) groups is 1. The lowest BCUT2D eigenvalue weighted by molar-refractivity contribution is -0.112. The van der Waals surface area contributed by atoms with Gasteiger partial charge in [0, 0.05) is 40.9 Å². The zero-order valence-electron chi connectivity index (χ0n) is 15.2. The van der Waals surface area contributed by atoms with Gasteiger partial charge in [0.25, 0.3) is 0 Å². The Balaban J connectivity index is 1.67. The highest BCUT2D eigenvalue weighted by molar-refractivity contribution is 8.14. The maximum atomic E-state index is 12.5. The van der Waals surface area contributed by atoms with E-state index in [1.807, 2.05) is 42.6 Å². The molecule has 0 aliphatic carbocycles. The highest BCUT2D eigenvalue weighted by Gasteiger charge is 2.27. The molecular weight excluding hydrogens is 360 g/mol. The largest absolute Gasteiger partial charge is 0.497 e. The molecule has 27 heavy (non-hydrogen) atoms. The minimum atomic E-state index is -0.398. The van der Waals surface area contributed by atoms with Crippen molar-refractivity contribution in [1.29, 1.82) is 0 Å². The predicted molar refractivity (Wildman–Crippen MR) is 109 cm³/mol. The number of benzene rings is 2. The van der Waals surface area contributed by atoms with Crippen LogP contribution in [0, 0.1) is 0 Å². The van der Waals surface area contributed by atoms with Gasteiger partial charge in [-0.15, -0.1) is 0 Å². The van der Waals surface area contributed by atoms with Crippen molar-refractivity contribution in [1.82, 2.24) is 4.98 Å². The third-order valence-corrected chi connectivity index (χ3v) is 5.72. The van der Waals surface area contributed by atoms with Crippen molar-refractivity contribution in [3.8, 4) is 11.5 Å². The van der Waals surface area contributed by atoms with E-state index in [0.717, 1.165) is 33.5 Å². The minimum Gasteiger partial charge on any atom is -0.497 e. The summed E-state index contributed by atoms with van der Waals surface area (Å²) in [4.78, 5) is 20.5. The number of nitrogens with zero attached hydrogens (tertiary/aromatic N) is 1. The molecule has 1 aliphatic heterocycles. The van der Waals surface area contributed by atoms with Gasteiger partial charge in [-0.3, -0.25) is 9.79 Å². The number of aromatic amines is 1. The first-order valence-electron chi connectivity index (χ1n) is 8.70. The van der Waals surface area contributed by atoms with Gasteiger partial charge in [-0.1, -0.05) is 30.0 Å². The van der Waals surface area contributed by atoms with E-state index >= 15 is 0 Å². The number of ether oxygens (including phenoxy) is 2. The van der Waals surface area contributed by atoms with Crippen LogP contribution < -0.4 is 9.47 Å². The molecule has 138 valence electrons. The summed E-state index contributed by atoms with van der Waals surface area (Å²) in [6.45, 7) is 0. The van der Waals surface area contributed by atoms with E-state index in [0.29, 0.717) is 17.9 Å². The molecule has 1 aromatic heterocycles. The third kappa shape index (κ3) is 3.45. The summed E-state index contributed by atoms with van der Waals surface area (Å²) in [7, 11) is 3.25.